The Labute approximate surface area is 262 Å². The molecule has 0 aliphatic carbocycles. The first-order valence-electron chi connectivity index (χ1n) is 15.1. The summed E-state index contributed by atoms with van der Waals surface area (Å²) >= 11 is 0. The SMILES string of the molecule is COC(OC)[Si]CCCCC(CCCC[Si]C(OC)OC)(CCCC[Si]C(OC)OC)CCCC[Si]C(OC)OC. The van der Waals surface area contributed by atoms with Crippen molar-refractivity contribution in [3.8, 4) is 0 Å². The van der Waals surface area contributed by atoms with Gasteiger partial charge in [0.05, 0.1) is 0 Å². The lowest BCUT2D eigenvalue weighted by atomic mass is 9.71. The zero-order valence-corrected chi connectivity index (χ0v) is 31.4. The lowest BCUT2D eigenvalue weighted by molar-refractivity contribution is -0.0442. The molecule has 0 N–H and O–H groups in total. The second kappa shape index (κ2) is 29.3. The fourth-order valence-corrected chi connectivity index (χ4v) is 9.27. The minimum absolute atomic E-state index is 0.0589. The molecule has 41 heavy (non-hydrogen) atoms. The number of hydrogen-bond donors (Lipinski definition) is 0. The van der Waals surface area contributed by atoms with Gasteiger partial charge in [-0.15, -0.1) is 0 Å². The zero-order valence-electron chi connectivity index (χ0n) is 27.4. The van der Waals surface area contributed by atoms with Gasteiger partial charge in [0.25, 0.3) is 0 Å². The van der Waals surface area contributed by atoms with Crippen LogP contribution in [0.15, 0.2) is 0 Å². The molecule has 240 valence electrons. The van der Waals surface area contributed by atoms with Gasteiger partial charge in [0.2, 0.25) is 0 Å². The number of rotatable bonds is 32. The van der Waals surface area contributed by atoms with Gasteiger partial charge in [-0.05, 0) is 31.1 Å². The van der Waals surface area contributed by atoms with E-state index in [0.29, 0.717) is 43.5 Å². The van der Waals surface area contributed by atoms with Crippen molar-refractivity contribution in [1.29, 1.82) is 0 Å². The minimum Gasteiger partial charge on any atom is -0.360 e. The van der Waals surface area contributed by atoms with E-state index in [1.54, 1.807) is 56.9 Å². The molecule has 0 aromatic heterocycles. The number of methoxy groups -OCH3 is 8. The highest BCUT2D eigenvalue weighted by Gasteiger charge is 2.28. The van der Waals surface area contributed by atoms with Gasteiger partial charge in [-0.1, -0.05) is 75.5 Å². The predicted octanol–water partition coefficient (Wildman–Crippen LogP) is 5.45. The molecular formula is C29H60O8Si4. The number of ether oxygens (including phenoxy) is 8. The summed E-state index contributed by atoms with van der Waals surface area (Å²) in [4.78, 5) is 0. The third kappa shape index (κ3) is 21.8. The molecule has 0 atom stereocenters. The Morgan fingerprint density at radius 2 is 0.537 bits per heavy atom. The standard InChI is InChI=1S/C29H60O8Si4/c1-30-25(31-2)38-21-13-9-17-29(18-10-14-22-39-26(32-3)33-4,19-11-15-23-40-27(34-5)35-6)20-12-16-24-41-28(36-7)37-8/h25-28H,9-24H2,1-8H3. The molecule has 0 saturated carbocycles. The molecule has 0 aliphatic heterocycles. The lowest BCUT2D eigenvalue weighted by Gasteiger charge is -2.35. The Morgan fingerprint density at radius 1 is 0.341 bits per heavy atom. The smallest absolute Gasteiger partial charge is 0.136 e. The first-order chi connectivity index (χ1) is 20.0. The van der Waals surface area contributed by atoms with Crippen LogP contribution < -0.4 is 0 Å². The molecular weight excluding hydrogens is 589 g/mol. The van der Waals surface area contributed by atoms with Crippen LogP contribution in [0.1, 0.15) is 77.0 Å². The van der Waals surface area contributed by atoms with Crippen molar-refractivity contribution in [1.82, 2.24) is 0 Å². The van der Waals surface area contributed by atoms with Crippen LogP contribution in [-0.4, -0.2) is 119 Å². The van der Waals surface area contributed by atoms with Crippen molar-refractivity contribution < 1.29 is 37.9 Å². The van der Waals surface area contributed by atoms with Crippen LogP contribution in [0.3, 0.4) is 0 Å². The summed E-state index contributed by atoms with van der Waals surface area (Å²) in [6.07, 6.45) is 15.3. The van der Waals surface area contributed by atoms with Gasteiger partial charge in [0, 0.05) is 56.9 Å². The Kier molecular flexibility index (Phi) is 29.7. The topological polar surface area (TPSA) is 73.8 Å². The fourth-order valence-electron chi connectivity index (χ4n) is 5.18. The Bertz CT molecular complexity index is 443. The summed E-state index contributed by atoms with van der Waals surface area (Å²) in [6, 6.07) is 4.69. The lowest BCUT2D eigenvalue weighted by Crippen LogP contribution is -2.24. The van der Waals surface area contributed by atoms with Crippen molar-refractivity contribution in [3.05, 3.63) is 0 Å². The summed E-state index contributed by atoms with van der Waals surface area (Å²) < 4.78 is 43.3. The molecule has 0 unspecified atom stereocenters. The first kappa shape index (κ1) is 41.5. The first-order valence-corrected chi connectivity index (χ1v) is 20.3. The summed E-state index contributed by atoms with van der Waals surface area (Å²) in [5, 5.41) is 0. The molecule has 8 radical (unpaired) electrons. The van der Waals surface area contributed by atoms with Crippen LogP contribution in [0.4, 0.5) is 0 Å². The summed E-state index contributed by atoms with van der Waals surface area (Å²) in [7, 11) is 16.7. The molecule has 8 nitrogen and oxygen atoms in total. The van der Waals surface area contributed by atoms with Crippen LogP contribution in [0.25, 0.3) is 0 Å². The van der Waals surface area contributed by atoms with Crippen molar-refractivity contribution in [3.63, 3.8) is 0 Å². The predicted molar refractivity (Wildman–Crippen MR) is 171 cm³/mol. The van der Waals surface area contributed by atoms with E-state index in [9.17, 15) is 0 Å². The van der Waals surface area contributed by atoms with E-state index in [0.717, 1.165) is 0 Å². The highest BCUT2D eigenvalue weighted by Crippen LogP contribution is 2.42. The van der Waals surface area contributed by atoms with Crippen molar-refractivity contribution in [2.24, 2.45) is 5.41 Å². The second-order valence-corrected chi connectivity index (χ2v) is 15.9. The largest absolute Gasteiger partial charge is 0.360 e. The molecule has 0 aliphatic rings. The molecule has 12 heteroatoms. The Morgan fingerprint density at radius 3 is 0.707 bits per heavy atom. The van der Waals surface area contributed by atoms with E-state index in [2.05, 4.69) is 0 Å². The average Bonchev–Trinajstić information content (AvgIpc) is 3.00. The van der Waals surface area contributed by atoms with Crippen LogP contribution >= 0.6 is 0 Å². The molecule has 0 amide bonds. The molecule has 0 fully saturated rings. The van der Waals surface area contributed by atoms with Crippen LogP contribution in [-0.2, 0) is 37.9 Å². The maximum atomic E-state index is 5.41. The molecule has 0 aromatic rings. The van der Waals surface area contributed by atoms with Crippen LogP contribution in [0.5, 0.6) is 0 Å². The molecule has 0 aromatic carbocycles. The van der Waals surface area contributed by atoms with Crippen molar-refractivity contribution in [2.75, 3.05) is 56.9 Å². The fraction of sp³-hybridized carbons (Fsp3) is 1.00. The Hall–Kier alpha value is 0.548. The maximum Gasteiger partial charge on any atom is 0.136 e. The highest BCUT2D eigenvalue weighted by atomic mass is 28.2. The van der Waals surface area contributed by atoms with E-state index in [1.807, 2.05) is 0 Å². The quantitative estimate of drug-likeness (QED) is 0.0542. The molecule has 0 spiro atoms. The monoisotopic (exact) mass is 648 g/mol. The van der Waals surface area contributed by atoms with Gasteiger partial charge >= 0.3 is 0 Å². The average molecular weight is 649 g/mol. The normalized spacial score (nSPS) is 12.6. The van der Waals surface area contributed by atoms with Crippen molar-refractivity contribution in [2.45, 2.75) is 125 Å². The summed E-state index contributed by atoms with van der Waals surface area (Å²) in [5.41, 5.74) is 0.409. The molecule has 0 heterocycles. The van der Waals surface area contributed by atoms with Gasteiger partial charge in [-0.3, -0.25) is 0 Å². The van der Waals surface area contributed by atoms with E-state index < -0.39 is 0 Å². The van der Waals surface area contributed by atoms with E-state index >= 15 is 0 Å². The van der Waals surface area contributed by atoms with Gasteiger partial charge < -0.3 is 37.9 Å². The summed E-state index contributed by atoms with van der Waals surface area (Å²) in [6.45, 7) is 0. The van der Waals surface area contributed by atoms with Crippen LogP contribution in [0, 0.1) is 5.41 Å². The maximum absolute atomic E-state index is 5.41. The van der Waals surface area contributed by atoms with Gasteiger partial charge in [-0.2, -0.15) is 0 Å². The third-order valence-corrected chi connectivity index (χ3v) is 13.3. The van der Waals surface area contributed by atoms with Gasteiger partial charge in [0.1, 0.15) is 61.7 Å². The van der Waals surface area contributed by atoms with Crippen molar-refractivity contribution >= 4 is 38.1 Å². The van der Waals surface area contributed by atoms with E-state index in [1.165, 1.54) is 101 Å². The Balaban J connectivity index is 5.19. The zero-order chi connectivity index (χ0) is 30.6. The molecule has 0 rings (SSSR count). The second-order valence-electron chi connectivity index (χ2n) is 10.4. The molecule has 0 bridgehead atoms. The number of unbranched alkanes of at least 4 members (excludes halogenated alkanes) is 4. The highest BCUT2D eigenvalue weighted by molar-refractivity contribution is 6.37. The number of hydrogen-bond acceptors (Lipinski definition) is 8. The van der Waals surface area contributed by atoms with Gasteiger partial charge in [-0.25, -0.2) is 0 Å². The van der Waals surface area contributed by atoms with E-state index in [-0.39, 0.29) is 23.7 Å². The minimum atomic E-state index is -0.0589. The van der Waals surface area contributed by atoms with Crippen LogP contribution in [0.2, 0.25) is 24.2 Å². The third-order valence-electron chi connectivity index (χ3n) is 7.49. The molecule has 0 saturated heterocycles. The van der Waals surface area contributed by atoms with E-state index in [4.69, 9.17) is 37.9 Å². The summed E-state index contributed by atoms with van der Waals surface area (Å²) in [5.74, 6) is -0.236. The van der Waals surface area contributed by atoms with Gasteiger partial charge in [0.15, 0.2) is 0 Å².